The predicted octanol–water partition coefficient (Wildman–Crippen LogP) is 5.02. The van der Waals surface area contributed by atoms with Gasteiger partial charge in [-0.2, -0.15) is 0 Å². The van der Waals surface area contributed by atoms with Gasteiger partial charge in [0.05, 0.1) is 30.2 Å². The Morgan fingerprint density at radius 1 is 0.848 bits per heavy atom. The number of carbonyl (C=O) groups is 2. The van der Waals surface area contributed by atoms with Gasteiger partial charge >= 0.3 is 0 Å². The number of hydrogen-bond acceptors (Lipinski definition) is 5. The summed E-state index contributed by atoms with van der Waals surface area (Å²) >= 11 is 0. The Morgan fingerprint density at radius 3 is 2.30 bits per heavy atom. The number of anilines is 2. The molecule has 1 aliphatic heterocycles. The van der Waals surface area contributed by atoms with Crippen molar-refractivity contribution in [2.45, 2.75) is 13.8 Å². The second kappa shape index (κ2) is 9.56. The maximum Gasteiger partial charge on any atom is 0.282 e. The lowest BCUT2D eigenvalue weighted by molar-refractivity contribution is -0.120. The standard InChI is InChI=1S/C26H23FN2O4/c1-3-32-20-9-7-8-19(16-20)29-25(30)23(17-12-14-18(27)15-13-17)24(26(29)31)28-21-10-5-6-11-22(21)33-4-2/h5-16,28H,3-4H2,1-2H3. The third-order valence-corrected chi connectivity index (χ3v) is 5.05. The van der Waals surface area contributed by atoms with Gasteiger partial charge in [0.15, 0.2) is 0 Å². The van der Waals surface area contributed by atoms with Crippen LogP contribution >= 0.6 is 0 Å². The van der Waals surface area contributed by atoms with Crippen LogP contribution < -0.4 is 19.7 Å². The van der Waals surface area contributed by atoms with Crippen molar-refractivity contribution < 1.29 is 23.5 Å². The molecular weight excluding hydrogens is 423 g/mol. The summed E-state index contributed by atoms with van der Waals surface area (Å²) in [7, 11) is 0. The number of benzene rings is 3. The average Bonchev–Trinajstić information content (AvgIpc) is 3.05. The molecule has 0 saturated carbocycles. The molecule has 0 fully saturated rings. The first kappa shape index (κ1) is 22.1. The van der Waals surface area contributed by atoms with Crippen molar-refractivity contribution in [3.8, 4) is 11.5 Å². The monoisotopic (exact) mass is 446 g/mol. The number of hydrogen-bond donors (Lipinski definition) is 1. The Hall–Kier alpha value is -4.13. The smallest absolute Gasteiger partial charge is 0.282 e. The molecule has 3 aromatic carbocycles. The van der Waals surface area contributed by atoms with Crippen molar-refractivity contribution in [2.24, 2.45) is 0 Å². The van der Waals surface area contributed by atoms with Crippen molar-refractivity contribution >= 4 is 28.8 Å². The van der Waals surface area contributed by atoms with E-state index in [2.05, 4.69) is 5.32 Å². The van der Waals surface area contributed by atoms with Crippen LogP contribution in [-0.2, 0) is 9.59 Å². The van der Waals surface area contributed by atoms with Gasteiger partial charge in [-0.25, -0.2) is 9.29 Å². The number of rotatable bonds is 8. The first-order chi connectivity index (χ1) is 16.0. The summed E-state index contributed by atoms with van der Waals surface area (Å²) in [5.41, 5.74) is 1.58. The molecule has 0 aromatic heterocycles. The molecule has 1 aliphatic rings. The summed E-state index contributed by atoms with van der Waals surface area (Å²) in [6, 6.07) is 19.4. The number of para-hydroxylation sites is 2. The van der Waals surface area contributed by atoms with Crippen LogP contribution in [0, 0.1) is 5.82 Å². The Kier molecular flexibility index (Phi) is 6.40. The van der Waals surface area contributed by atoms with Crippen LogP contribution in [0.2, 0.25) is 0 Å². The molecule has 0 bridgehead atoms. The SMILES string of the molecule is CCOc1cccc(N2C(=O)C(Nc3ccccc3OCC)=C(c3ccc(F)cc3)C2=O)c1. The molecule has 33 heavy (non-hydrogen) atoms. The number of halogens is 1. The second-order valence-corrected chi connectivity index (χ2v) is 7.19. The second-order valence-electron chi connectivity index (χ2n) is 7.19. The lowest BCUT2D eigenvalue weighted by Crippen LogP contribution is -2.32. The molecule has 2 amide bonds. The number of carbonyl (C=O) groups excluding carboxylic acids is 2. The molecule has 168 valence electrons. The summed E-state index contributed by atoms with van der Waals surface area (Å²) in [5, 5.41) is 3.09. The van der Waals surface area contributed by atoms with Gasteiger partial charge in [0.1, 0.15) is 23.0 Å². The van der Waals surface area contributed by atoms with E-state index in [0.29, 0.717) is 41.7 Å². The highest BCUT2D eigenvalue weighted by Crippen LogP contribution is 2.36. The Bertz CT molecular complexity index is 1220. The topological polar surface area (TPSA) is 67.9 Å². The first-order valence-corrected chi connectivity index (χ1v) is 10.6. The third kappa shape index (κ3) is 4.43. The van der Waals surface area contributed by atoms with Gasteiger partial charge in [-0.3, -0.25) is 9.59 Å². The highest BCUT2D eigenvalue weighted by molar-refractivity contribution is 6.46. The summed E-state index contributed by atoms with van der Waals surface area (Å²) in [6.07, 6.45) is 0. The van der Waals surface area contributed by atoms with Crippen LogP contribution in [0.4, 0.5) is 15.8 Å². The molecule has 0 radical (unpaired) electrons. The highest BCUT2D eigenvalue weighted by Gasteiger charge is 2.40. The fourth-order valence-corrected chi connectivity index (χ4v) is 3.63. The summed E-state index contributed by atoms with van der Waals surface area (Å²) in [5.74, 6) is -0.394. The maximum absolute atomic E-state index is 13.6. The molecule has 0 aliphatic carbocycles. The van der Waals surface area contributed by atoms with E-state index in [0.717, 1.165) is 4.90 Å². The van der Waals surface area contributed by atoms with Crippen LogP contribution in [0.3, 0.4) is 0 Å². The van der Waals surface area contributed by atoms with Crippen molar-refractivity contribution in [1.82, 2.24) is 0 Å². The first-order valence-electron chi connectivity index (χ1n) is 10.6. The number of amides is 2. The Labute approximate surface area is 191 Å². The molecule has 1 N–H and O–H groups in total. The van der Waals surface area contributed by atoms with E-state index in [1.165, 1.54) is 24.3 Å². The van der Waals surface area contributed by atoms with Crippen molar-refractivity contribution in [2.75, 3.05) is 23.4 Å². The van der Waals surface area contributed by atoms with E-state index in [9.17, 15) is 14.0 Å². The normalized spacial score (nSPS) is 13.5. The van der Waals surface area contributed by atoms with Crippen LogP contribution in [0.25, 0.3) is 5.57 Å². The molecule has 0 spiro atoms. The number of imide groups is 1. The van der Waals surface area contributed by atoms with Gasteiger partial charge in [0.25, 0.3) is 11.8 Å². The van der Waals surface area contributed by atoms with Crippen LogP contribution in [-0.4, -0.2) is 25.0 Å². The number of nitrogens with zero attached hydrogens (tertiary/aromatic N) is 1. The van der Waals surface area contributed by atoms with E-state index in [-0.39, 0.29) is 11.3 Å². The zero-order valence-corrected chi connectivity index (χ0v) is 18.3. The summed E-state index contributed by atoms with van der Waals surface area (Å²) < 4.78 is 24.8. The summed E-state index contributed by atoms with van der Waals surface area (Å²) in [6.45, 7) is 4.60. The molecule has 1 heterocycles. The minimum atomic E-state index is -0.528. The van der Waals surface area contributed by atoms with Gasteiger partial charge in [-0.05, 0) is 55.8 Å². The zero-order chi connectivity index (χ0) is 23.4. The van der Waals surface area contributed by atoms with Crippen molar-refractivity contribution in [3.63, 3.8) is 0 Å². The lowest BCUT2D eigenvalue weighted by atomic mass is 10.0. The third-order valence-electron chi connectivity index (χ3n) is 5.05. The Balaban J connectivity index is 1.80. The van der Waals surface area contributed by atoms with Gasteiger partial charge < -0.3 is 14.8 Å². The lowest BCUT2D eigenvalue weighted by Gasteiger charge is -2.17. The predicted molar refractivity (Wildman–Crippen MR) is 125 cm³/mol. The van der Waals surface area contributed by atoms with Gasteiger partial charge in [-0.15, -0.1) is 0 Å². The molecule has 6 nitrogen and oxygen atoms in total. The molecular formula is C26H23FN2O4. The highest BCUT2D eigenvalue weighted by atomic mass is 19.1. The zero-order valence-electron chi connectivity index (χ0n) is 18.3. The quantitative estimate of drug-likeness (QED) is 0.492. The summed E-state index contributed by atoms with van der Waals surface area (Å²) in [4.78, 5) is 28.2. The fourth-order valence-electron chi connectivity index (χ4n) is 3.63. The van der Waals surface area contributed by atoms with E-state index >= 15 is 0 Å². The van der Waals surface area contributed by atoms with E-state index < -0.39 is 17.6 Å². The van der Waals surface area contributed by atoms with E-state index in [1.807, 2.05) is 19.9 Å². The minimum absolute atomic E-state index is 0.0839. The van der Waals surface area contributed by atoms with Crippen LogP contribution in [0.1, 0.15) is 19.4 Å². The average molecular weight is 446 g/mol. The molecule has 0 atom stereocenters. The number of ether oxygens (including phenoxy) is 2. The molecule has 3 aromatic rings. The molecule has 0 unspecified atom stereocenters. The molecule has 0 saturated heterocycles. The molecule has 7 heteroatoms. The fraction of sp³-hybridized carbons (Fsp3) is 0.154. The van der Waals surface area contributed by atoms with Gasteiger partial charge in [-0.1, -0.05) is 30.3 Å². The van der Waals surface area contributed by atoms with Crippen molar-refractivity contribution in [1.29, 1.82) is 0 Å². The Morgan fingerprint density at radius 2 is 1.58 bits per heavy atom. The van der Waals surface area contributed by atoms with Gasteiger partial charge in [0, 0.05) is 6.07 Å². The van der Waals surface area contributed by atoms with Crippen LogP contribution in [0.15, 0.2) is 78.5 Å². The van der Waals surface area contributed by atoms with Crippen molar-refractivity contribution in [3.05, 3.63) is 89.9 Å². The van der Waals surface area contributed by atoms with E-state index in [4.69, 9.17) is 9.47 Å². The largest absolute Gasteiger partial charge is 0.494 e. The number of nitrogens with one attached hydrogen (secondary N) is 1. The van der Waals surface area contributed by atoms with Gasteiger partial charge in [0.2, 0.25) is 0 Å². The minimum Gasteiger partial charge on any atom is -0.494 e. The van der Waals surface area contributed by atoms with E-state index in [1.54, 1.807) is 42.5 Å². The maximum atomic E-state index is 13.6. The molecule has 4 rings (SSSR count). The van der Waals surface area contributed by atoms with Crippen LogP contribution in [0.5, 0.6) is 11.5 Å².